The lowest BCUT2D eigenvalue weighted by atomic mass is 10.1. The molecule has 2 nitrogen and oxygen atoms in total. The van der Waals surface area contributed by atoms with Crippen LogP contribution in [0.2, 0.25) is 0 Å². The minimum atomic E-state index is -4.33. The molecule has 15 heavy (non-hydrogen) atoms. The Bertz CT molecular complexity index is 227. The van der Waals surface area contributed by atoms with E-state index < -0.39 is 15.5 Å². The van der Waals surface area contributed by atoms with E-state index in [0.717, 1.165) is 38.5 Å². The predicted molar refractivity (Wildman–Crippen MR) is 62.1 cm³/mol. The average Bonchev–Trinajstić information content (AvgIpc) is 2.14. The lowest BCUT2D eigenvalue weighted by Gasteiger charge is -2.11. The van der Waals surface area contributed by atoms with Crippen molar-refractivity contribution in [3.8, 4) is 0 Å². The van der Waals surface area contributed by atoms with Crippen LogP contribution in [0.15, 0.2) is 0 Å². The van der Waals surface area contributed by atoms with Crippen LogP contribution in [0.3, 0.4) is 0 Å². The third-order valence-corrected chi connectivity index (χ3v) is 3.93. The molecular formula is C11H23FO2S. The fourth-order valence-electron chi connectivity index (χ4n) is 1.67. The zero-order chi connectivity index (χ0) is 11.7. The van der Waals surface area contributed by atoms with Gasteiger partial charge >= 0.3 is 10.2 Å². The average molecular weight is 238 g/mol. The monoisotopic (exact) mass is 238 g/mol. The van der Waals surface area contributed by atoms with Gasteiger partial charge in [-0.3, -0.25) is 0 Å². The maximum Gasteiger partial charge on any atom is 0.305 e. The molecule has 0 saturated carbocycles. The molecule has 0 fully saturated rings. The third-order valence-electron chi connectivity index (χ3n) is 2.66. The minimum absolute atomic E-state index is 0.483. The number of unbranched alkanes of at least 4 members (excludes halogenated alkanes) is 4. The molecule has 0 aliphatic carbocycles. The summed E-state index contributed by atoms with van der Waals surface area (Å²) in [6.45, 7) is 4.10. The van der Waals surface area contributed by atoms with Gasteiger partial charge in [0.05, 0.1) is 5.25 Å². The minimum Gasteiger partial charge on any atom is -0.195 e. The Labute approximate surface area is 93.5 Å². The van der Waals surface area contributed by atoms with Crippen LogP contribution in [0.25, 0.3) is 0 Å². The van der Waals surface area contributed by atoms with E-state index >= 15 is 0 Å². The smallest absolute Gasteiger partial charge is 0.195 e. The van der Waals surface area contributed by atoms with Gasteiger partial charge in [0.15, 0.2) is 0 Å². The molecular weight excluding hydrogens is 215 g/mol. The van der Waals surface area contributed by atoms with Crippen molar-refractivity contribution in [1.82, 2.24) is 0 Å². The second-order valence-corrected chi connectivity index (χ2v) is 5.71. The Morgan fingerprint density at radius 2 is 1.33 bits per heavy atom. The highest BCUT2D eigenvalue weighted by Gasteiger charge is 2.23. The highest BCUT2D eigenvalue weighted by Crippen LogP contribution is 2.19. The van der Waals surface area contributed by atoms with Gasteiger partial charge in [-0.2, -0.15) is 8.42 Å². The molecule has 4 heteroatoms. The molecule has 0 radical (unpaired) electrons. The molecule has 92 valence electrons. The summed E-state index contributed by atoms with van der Waals surface area (Å²) >= 11 is 0. The van der Waals surface area contributed by atoms with Crippen LogP contribution in [0.1, 0.15) is 65.2 Å². The Kier molecular flexibility index (Phi) is 8.02. The van der Waals surface area contributed by atoms with Crippen LogP contribution in [-0.2, 0) is 10.2 Å². The van der Waals surface area contributed by atoms with Crippen LogP contribution >= 0.6 is 0 Å². The van der Waals surface area contributed by atoms with Crippen molar-refractivity contribution in [3.63, 3.8) is 0 Å². The Balaban J connectivity index is 3.97. The molecule has 0 unspecified atom stereocenters. The lowest BCUT2D eigenvalue weighted by Crippen LogP contribution is -2.17. The van der Waals surface area contributed by atoms with E-state index in [-0.39, 0.29) is 0 Å². The molecule has 0 spiro atoms. The van der Waals surface area contributed by atoms with Gasteiger partial charge in [-0.25, -0.2) is 0 Å². The Morgan fingerprint density at radius 3 is 1.60 bits per heavy atom. The third kappa shape index (κ3) is 7.77. The van der Waals surface area contributed by atoms with Crippen molar-refractivity contribution in [1.29, 1.82) is 0 Å². The highest BCUT2D eigenvalue weighted by molar-refractivity contribution is 7.87. The molecule has 0 aliphatic heterocycles. The molecule has 0 saturated heterocycles. The van der Waals surface area contributed by atoms with Crippen LogP contribution in [0.4, 0.5) is 3.89 Å². The summed E-state index contributed by atoms with van der Waals surface area (Å²) in [5.41, 5.74) is 0. The highest BCUT2D eigenvalue weighted by atomic mass is 32.3. The largest absolute Gasteiger partial charge is 0.305 e. The van der Waals surface area contributed by atoms with Crippen LogP contribution < -0.4 is 0 Å². The molecule has 0 aromatic rings. The molecule has 0 atom stereocenters. The van der Waals surface area contributed by atoms with Crippen LogP contribution in [0.5, 0.6) is 0 Å². The van der Waals surface area contributed by atoms with Crippen molar-refractivity contribution < 1.29 is 12.3 Å². The van der Waals surface area contributed by atoms with Gasteiger partial charge < -0.3 is 0 Å². The van der Waals surface area contributed by atoms with Gasteiger partial charge in [0.2, 0.25) is 0 Å². The fraction of sp³-hybridized carbons (Fsp3) is 1.00. The van der Waals surface area contributed by atoms with E-state index in [1.807, 2.05) is 0 Å². The maximum absolute atomic E-state index is 12.9. The lowest BCUT2D eigenvalue weighted by molar-refractivity contribution is 0.497. The van der Waals surface area contributed by atoms with Crippen molar-refractivity contribution in [2.24, 2.45) is 0 Å². The maximum atomic E-state index is 12.9. The van der Waals surface area contributed by atoms with E-state index in [0.29, 0.717) is 12.8 Å². The van der Waals surface area contributed by atoms with Crippen molar-refractivity contribution in [3.05, 3.63) is 0 Å². The number of hydrogen-bond acceptors (Lipinski definition) is 2. The van der Waals surface area contributed by atoms with Crippen LogP contribution in [-0.4, -0.2) is 13.7 Å². The van der Waals surface area contributed by atoms with Gasteiger partial charge in [-0.05, 0) is 12.8 Å². The van der Waals surface area contributed by atoms with Crippen LogP contribution in [0, 0.1) is 0 Å². The first-order chi connectivity index (χ1) is 7.02. The second-order valence-electron chi connectivity index (χ2n) is 4.09. The summed E-state index contributed by atoms with van der Waals surface area (Å²) in [5.74, 6) is 0. The van der Waals surface area contributed by atoms with Crippen molar-refractivity contribution >= 4 is 10.2 Å². The summed E-state index contributed by atoms with van der Waals surface area (Å²) in [5, 5.41) is -0.754. The number of rotatable bonds is 9. The summed E-state index contributed by atoms with van der Waals surface area (Å²) in [6, 6.07) is 0. The molecule has 0 aromatic heterocycles. The van der Waals surface area contributed by atoms with E-state index in [1.165, 1.54) is 0 Å². The standard InChI is InChI=1S/C11H23FO2S/c1-3-5-7-9-11(15(12,13)14)10-8-6-4-2/h11H,3-10H2,1-2H3. The zero-order valence-electron chi connectivity index (χ0n) is 9.84. The first-order valence-electron chi connectivity index (χ1n) is 5.95. The first kappa shape index (κ1) is 14.9. The van der Waals surface area contributed by atoms with Gasteiger partial charge in [0, 0.05) is 0 Å². The second kappa shape index (κ2) is 8.08. The summed E-state index contributed by atoms with van der Waals surface area (Å²) < 4.78 is 34.6. The molecule has 0 aliphatic rings. The van der Waals surface area contributed by atoms with E-state index in [9.17, 15) is 12.3 Å². The Morgan fingerprint density at radius 1 is 0.933 bits per heavy atom. The van der Waals surface area contributed by atoms with Gasteiger partial charge in [0.1, 0.15) is 0 Å². The summed E-state index contributed by atoms with van der Waals surface area (Å²) in [7, 11) is -4.33. The summed E-state index contributed by atoms with van der Waals surface area (Å²) in [4.78, 5) is 0. The van der Waals surface area contributed by atoms with Gasteiger partial charge in [0.25, 0.3) is 0 Å². The number of halogens is 1. The zero-order valence-corrected chi connectivity index (χ0v) is 10.7. The molecule has 0 aromatic carbocycles. The predicted octanol–water partition coefficient (Wildman–Crippen LogP) is 3.81. The van der Waals surface area contributed by atoms with E-state index in [1.54, 1.807) is 0 Å². The molecule has 0 amide bonds. The van der Waals surface area contributed by atoms with E-state index in [4.69, 9.17) is 0 Å². The van der Waals surface area contributed by atoms with E-state index in [2.05, 4.69) is 13.8 Å². The molecule has 0 rings (SSSR count). The van der Waals surface area contributed by atoms with Gasteiger partial charge in [-0.1, -0.05) is 52.4 Å². The van der Waals surface area contributed by atoms with Gasteiger partial charge in [-0.15, -0.1) is 3.89 Å². The van der Waals surface area contributed by atoms with Crippen molar-refractivity contribution in [2.45, 2.75) is 70.5 Å². The van der Waals surface area contributed by atoms with Crippen molar-refractivity contribution in [2.75, 3.05) is 0 Å². The first-order valence-corrected chi connectivity index (χ1v) is 7.40. The SMILES string of the molecule is CCCCCC(CCCCC)S(=O)(=O)F. The quantitative estimate of drug-likeness (QED) is 0.452. The number of hydrogen-bond donors (Lipinski definition) is 0. The normalized spacial score (nSPS) is 12.3. The summed E-state index contributed by atoms with van der Waals surface area (Å²) in [6.07, 6.45) is 6.64. The Hall–Kier alpha value is -0.120. The topological polar surface area (TPSA) is 34.1 Å². The fourth-order valence-corrected chi connectivity index (χ4v) is 2.57. The molecule has 0 bridgehead atoms. The molecule has 0 N–H and O–H groups in total. The molecule has 0 heterocycles.